The van der Waals surface area contributed by atoms with Gasteiger partial charge in [-0.3, -0.25) is 9.36 Å². The van der Waals surface area contributed by atoms with Crippen molar-refractivity contribution in [2.45, 2.75) is 26.8 Å². The predicted octanol–water partition coefficient (Wildman–Crippen LogP) is 4.41. The number of aryl methyl sites for hydroxylation is 1. The van der Waals surface area contributed by atoms with Gasteiger partial charge in [-0.05, 0) is 50.1 Å². The molecule has 164 valence electrons. The van der Waals surface area contributed by atoms with Crippen LogP contribution in [0.4, 0.5) is 0 Å². The minimum Gasteiger partial charge on any atom is -0.463 e. The highest BCUT2D eigenvalue weighted by atomic mass is 35.5. The zero-order valence-corrected chi connectivity index (χ0v) is 20.0. The number of aromatic nitrogens is 1. The first kappa shape index (κ1) is 22.5. The number of fused-ring (bicyclic) bond motifs is 1. The molecule has 0 bridgehead atoms. The summed E-state index contributed by atoms with van der Waals surface area (Å²) in [4.78, 5) is 31.5. The van der Waals surface area contributed by atoms with Crippen LogP contribution in [0.15, 0.2) is 63.5 Å². The van der Waals surface area contributed by atoms with Crippen molar-refractivity contribution < 1.29 is 9.53 Å². The number of rotatable bonds is 4. The molecule has 1 aromatic heterocycles. The number of thiazole rings is 1. The fraction of sp³-hybridized carbons (Fsp3) is 0.208. The fourth-order valence-electron chi connectivity index (χ4n) is 3.61. The van der Waals surface area contributed by atoms with Crippen LogP contribution in [0.2, 0.25) is 10.0 Å². The lowest BCUT2D eigenvalue weighted by molar-refractivity contribution is -0.139. The zero-order valence-electron chi connectivity index (χ0n) is 17.7. The highest BCUT2D eigenvalue weighted by Crippen LogP contribution is 2.31. The average Bonchev–Trinajstić information content (AvgIpc) is 3.05. The quantitative estimate of drug-likeness (QED) is 0.513. The van der Waals surface area contributed by atoms with Crippen molar-refractivity contribution in [2.24, 2.45) is 4.99 Å². The van der Waals surface area contributed by atoms with E-state index in [0.29, 0.717) is 30.6 Å². The number of hydrogen-bond acceptors (Lipinski definition) is 5. The first-order valence-corrected chi connectivity index (χ1v) is 11.6. The maximum Gasteiger partial charge on any atom is 0.338 e. The first-order valence-electron chi connectivity index (χ1n) is 10.0. The molecule has 2 aromatic carbocycles. The summed E-state index contributed by atoms with van der Waals surface area (Å²) in [7, 11) is 0. The lowest BCUT2D eigenvalue weighted by atomic mass is 9.95. The Kier molecular flexibility index (Phi) is 6.38. The molecule has 1 aliphatic rings. The number of halogens is 2. The molecule has 0 N–H and O–H groups in total. The van der Waals surface area contributed by atoms with Gasteiger partial charge in [0.2, 0.25) is 0 Å². The van der Waals surface area contributed by atoms with Crippen molar-refractivity contribution in [3.05, 3.63) is 100 Å². The molecular weight excluding hydrogens is 467 g/mol. The lowest BCUT2D eigenvalue weighted by Gasteiger charge is -2.24. The summed E-state index contributed by atoms with van der Waals surface area (Å²) in [6.45, 7) is 5.74. The molecule has 0 aliphatic carbocycles. The van der Waals surface area contributed by atoms with E-state index in [1.807, 2.05) is 31.2 Å². The van der Waals surface area contributed by atoms with E-state index in [4.69, 9.17) is 27.9 Å². The van der Waals surface area contributed by atoms with Crippen LogP contribution in [-0.2, 0) is 9.53 Å². The van der Waals surface area contributed by atoms with E-state index >= 15 is 0 Å². The smallest absolute Gasteiger partial charge is 0.338 e. The summed E-state index contributed by atoms with van der Waals surface area (Å²) in [5, 5.41) is 0.852. The van der Waals surface area contributed by atoms with Crippen LogP contribution in [0.3, 0.4) is 0 Å². The molecular formula is C24H20Cl2N2O3S. The zero-order chi connectivity index (χ0) is 23.0. The van der Waals surface area contributed by atoms with Gasteiger partial charge in [-0.25, -0.2) is 9.79 Å². The molecule has 3 aromatic rings. The monoisotopic (exact) mass is 486 g/mol. The van der Waals surface area contributed by atoms with Gasteiger partial charge in [0.15, 0.2) is 4.80 Å². The minimum absolute atomic E-state index is 0.234. The molecule has 1 atom stereocenters. The molecule has 2 heterocycles. The second-order valence-corrected chi connectivity index (χ2v) is 9.21. The Hall–Kier alpha value is -2.67. The van der Waals surface area contributed by atoms with Crippen LogP contribution >= 0.6 is 34.5 Å². The topological polar surface area (TPSA) is 60.7 Å². The summed E-state index contributed by atoms with van der Waals surface area (Å²) >= 11 is 13.4. The van der Waals surface area contributed by atoms with Crippen molar-refractivity contribution in [2.75, 3.05) is 6.61 Å². The van der Waals surface area contributed by atoms with Gasteiger partial charge < -0.3 is 4.74 Å². The summed E-state index contributed by atoms with van der Waals surface area (Å²) in [5.41, 5.74) is 3.31. The number of hydrogen-bond donors (Lipinski definition) is 0. The molecule has 5 nitrogen and oxygen atoms in total. The Bertz CT molecular complexity index is 1420. The molecule has 1 unspecified atom stereocenters. The molecule has 1 aliphatic heterocycles. The second kappa shape index (κ2) is 9.06. The molecule has 0 saturated carbocycles. The Morgan fingerprint density at radius 2 is 1.88 bits per heavy atom. The van der Waals surface area contributed by atoms with Crippen LogP contribution < -0.4 is 14.9 Å². The molecule has 32 heavy (non-hydrogen) atoms. The number of nitrogens with zero attached hydrogens (tertiary/aromatic N) is 2. The number of carbonyl (C=O) groups is 1. The Balaban J connectivity index is 1.95. The van der Waals surface area contributed by atoms with E-state index in [9.17, 15) is 9.59 Å². The third-order valence-electron chi connectivity index (χ3n) is 5.15. The van der Waals surface area contributed by atoms with Gasteiger partial charge in [0, 0.05) is 0 Å². The van der Waals surface area contributed by atoms with Gasteiger partial charge in [-0.15, -0.1) is 0 Å². The highest BCUT2D eigenvalue weighted by molar-refractivity contribution is 7.07. The average molecular weight is 487 g/mol. The molecule has 0 fully saturated rings. The minimum atomic E-state index is -0.623. The first-order chi connectivity index (χ1) is 15.3. The molecule has 0 saturated heterocycles. The van der Waals surface area contributed by atoms with Crippen LogP contribution in [-0.4, -0.2) is 17.1 Å². The van der Waals surface area contributed by atoms with Crippen molar-refractivity contribution in [3.8, 4) is 0 Å². The van der Waals surface area contributed by atoms with Crippen molar-refractivity contribution in [3.63, 3.8) is 0 Å². The van der Waals surface area contributed by atoms with Crippen molar-refractivity contribution >= 4 is 46.6 Å². The van der Waals surface area contributed by atoms with Gasteiger partial charge in [-0.2, -0.15) is 0 Å². The van der Waals surface area contributed by atoms with Crippen molar-refractivity contribution in [1.29, 1.82) is 0 Å². The van der Waals surface area contributed by atoms with E-state index in [2.05, 4.69) is 4.99 Å². The predicted molar refractivity (Wildman–Crippen MR) is 128 cm³/mol. The standard InChI is InChI=1S/C24H20Cl2N2O3S/c1-4-31-23(30)20-14(3)27-24-28(21(20)16-8-5-13(2)6-9-16)22(29)19(32-24)12-15-7-10-17(25)18(26)11-15/h5-12,21H,4H2,1-3H3/b19-12-. The van der Waals surface area contributed by atoms with E-state index in [1.54, 1.807) is 42.7 Å². The van der Waals surface area contributed by atoms with Gasteiger partial charge in [-0.1, -0.05) is 70.4 Å². The number of esters is 1. The molecule has 0 amide bonds. The third-order valence-corrected chi connectivity index (χ3v) is 6.87. The number of allylic oxidation sites excluding steroid dienone is 1. The Morgan fingerprint density at radius 3 is 2.53 bits per heavy atom. The Morgan fingerprint density at radius 1 is 1.16 bits per heavy atom. The number of carbonyl (C=O) groups excluding carboxylic acids is 1. The van der Waals surface area contributed by atoms with Crippen LogP contribution in [0.5, 0.6) is 0 Å². The summed E-state index contributed by atoms with van der Waals surface area (Å²) in [5.74, 6) is -0.474. The van der Waals surface area contributed by atoms with E-state index < -0.39 is 12.0 Å². The van der Waals surface area contributed by atoms with Gasteiger partial charge in [0.1, 0.15) is 0 Å². The summed E-state index contributed by atoms with van der Waals surface area (Å²) in [6, 6.07) is 12.3. The summed E-state index contributed by atoms with van der Waals surface area (Å²) in [6.07, 6.45) is 1.75. The third kappa shape index (κ3) is 4.18. The van der Waals surface area contributed by atoms with Crippen LogP contribution in [0.25, 0.3) is 6.08 Å². The van der Waals surface area contributed by atoms with Crippen LogP contribution in [0.1, 0.15) is 36.6 Å². The van der Waals surface area contributed by atoms with E-state index in [0.717, 1.165) is 16.7 Å². The largest absolute Gasteiger partial charge is 0.463 e. The molecule has 8 heteroatoms. The maximum absolute atomic E-state index is 13.5. The number of benzene rings is 2. The van der Waals surface area contributed by atoms with Crippen molar-refractivity contribution in [1.82, 2.24) is 4.57 Å². The molecule has 4 rings (SSSR count). The van der Waals surface area contributed by atoms with E-state index in [1.165, 1.54) is 11.3 Å². The van der Waals surface area contributed by atoms with Crippen LogP contribution in [0, 0.1) is 6.92 Å². The van der Waals surface area contributed by atoms with Gasteiger partial charge in [0.25, 0.3) is 5.56 Å². The molecule has 0 spiro atoms. The maximum atomic E-state index is 13.5. The normalized spacial score (nSPS) is 16.0. The van der Waals surface area contributed by atoms with E-state index in [-0.39, 0.29) is 12.2 Å². The van der Waals surface area contributed by atoms with Gasteiger partial charge in [0.05, 0.1) is 38.5 Å². The fourth-order valence-corrected chi connectivity index (χ4v) is 4.96. The summed E-state index contributed by atoms with van der Waals surface area (Å²) < 4.78 is 7.36. The van der Waals surface area contributed by atoms with Gasteiger partial charge >= 0.3 is 5.97 Å². The number of ether oxygens (including phenoxy) is 1. The molecule has 0 radical (unpaired) electrons. The SMILES string of the molecule is CCOC(=O)C1=C(C)N=c2s/c(=C\c3ccc(Cl)c(Cl)c3)c(=O)n2C1c1ccc(C)cc1. The highest BCUT2D eigenvalue weighted by Gasteiger charge is 2.33. The Labute approximate surface area is 198 Å². The second-order valence-electron chi connectivity index (χ2n) is 7.39. The lowest BCUT2D eigenvalue weighted by Crippen LogP contribution is -2.39.